The first-order valence-corrected chi connectivity index (χ1v) is 8.37. The molecule has 0 aliphatic heterocycles. The van der Waals surface area contributed by atoms with Crippen molar-refractivity contribution < 1.29 is 18.3 Å². The summed E-state index contributed by atoms with van der Waals surface area (Å²) in [6.45, 7) is 3.27. The van der Waals surface area contributed by atoms with Crippen LogP contribution in [0.25, 0.3) is 0 Å². The molecule has 6 nitrogen and oxygen atoms in total. The number of pyridine rings is 1. The standard InChI is InChI=1S/C13H14N2O4S2/c1-8-6-11(20-12(8)13(16)17)21(18,19)15-9(2)10-4-3-5-14-7-10/h3-7,9,15H,1-2H3,(H,16,17). The van der Waals surface area contributed by atoms with Crippen molar-refractivity contribution >= 4 is 27.3 Å². The first kappa shape index (κ1) is 15.6. The highest BCUT2D eigenvalue weighted by atomic mass is 32.2. The van der Waals surface area contributed by atoms with E-state index in [9.17, 15) is 13.2 Å². The molecule has 1 atom stereocenters. The average molecular weight is 326 g/mol. The highest BCUT2D eigenvalue weighted by Crippen LogP contribution is 2.27. The van der Waals surface area contributed by atoms with E-state index in [0.29, 0.717) is 5.56 Å². The monoisotopic (exact) mass is 326 g/mol. The lowest BCUT2D eigenvalue weighted by atomic mass is 10.2. The van der Waals surface area contributed by atoms with Gasteiger partial charge in [0.25, 0.3) is 10.0 Å². The molecule has 0 saturated heterocycles. The van der Waals surface area contributed by atoms with Gasteiger partial charge in [0.05, 0.1) is 0 Å². The summed E-state index contributed by atoms with van der Waals surface area (Å²) in [4.78, 5) is 15.0. The summed E-state index contributed by atoms with van der Waals surface area (Å²) in [5, 5.41) is 8.99. The van der Waals surface area contributed by atoms with Crippen molar-refractivity contribution in [1.82, 2.24) is 9.71 Å². The quantitative estimate of drug-likeness (QED) is 0.878. The van der Waals surface area contributed by atoms with Crippen LogP contribution in [0.1, 0.15) is 33.8 Å². The first-order chi connectivity index (χ1) is 9.81. The Morgan fingerprint density at radius 2 is 2.19 bits per heavy atom. The number of carboxylic acids is 1. The van der Waals surface area contributed by atoms with Crippen LogP contribution in [0.2, 0.25) is 0 Å². The number of hydrogen-bond acceptors (Lipinski definition) is 5. The second kappa shape index (κ2) is 5.92. The van der Waals surface area contributed by atoms with Crippen molar-refractivity contribution in [1.29, 1.82) is 0 Å². The van der Waals surface area contributed by atoms with Crippen LogP contribution in [0.4, 0.5) is 0 Å². The summed E-state index contributed by atoms with van der Waals surface area (Å²) in [5.41, 5.74) is 1.16. The number of hydrogen-bond donors (Lipinski definition) is 2. The van der Waals surface area contributed by atoms with E-state index in [1.807, 2.05) is 0 Å². The second-order valence-electron chi connectivity index (χ2n) is 4.51. The molecule has 2 heterocycles. The van der Waals surface area contributed by atoms with Crippen LogP contribution < -0.4 is 4.72 Å². The number of aromatic nitrogens is 1. The van der Waals surface area contributed by atoms with E-state index in [-0.39, 0.29) is 9.09 Å². The van der Waals surface area contributed by atoms with Gasteiger partial charge in [-0.1, -0.05) is 6.07 Å². The molecule has 0 aromatic carbocycles. The molecule has 0 radical (unpaired) electrons. The van der Waals surface area contributed by atoms with Crippen LogP contribution >= 0.6 is 11.3 Å². The van der Waals surface area contributed by atoms with E-state index in [4.69, 9.17) is 5.11 Å². The molecule has 2 rings (SSSR count). The summed E-state index contributed by atoms with van der Waals surface area (Å²) in [5.74, 6) is -1.13. The molecule has 0 bridgehead atoms. The van der Waals surface area contributed by atoms with Crippen LogP contribution in [0, 0.1) is 6.92 Å². The van der Waals surface area contributed by atoms with Gasteiger partial charge in [-0.05, 0) is 37.1 Å². The fraction of sp³-hybridized carbons (Fsp3) is 0.231. The Morgan fingerprint density at radius 1 is 1.48 bits per heavy atom. The Kier molecular flexibility index (Phi) is 4.40. The van der Waals surface area contributed by atoms with Crippen molar-refractivity contribution in [2.75, 3.05) is 0 Å². The highest BCUT2D eigenvalue weighted by molar-refractivity contribution is 7.91. The molecule has 1 unspecified atom stereocenters. The van der Waals surface area contributed by atoms with Crippen molar-refractivity contribution in [2.45, 2.75) is 24.1 Å². The molecule has 0 aliphatic carbocycles. The number of carboxylic acid groups (broad SMARTS) is 1. The van der Waals surface area contributed by atoms with Gasteiger partial charge in [-0.2, -0.15) is 0 Å². The van der Waals surface area contributed by atoms with Crippen LogP contribution in [0.5, 0.6) is 0 Å². The van der Waals surface area contributed by atoms with Gasteiger partial charge in [0, 0.05) is 18.4 Å². The van der Waals surface area contributed by atoms with Gasteiger partial charge in [0.2, 0.25) is 0 Å². The third-order valence-electron chi connectivity index (χ3n) is 2.87. The van der Waals surface area contributed by atoms with Crippen LogP contribution in [-0.4, -0.2) is 24.5 Å². The number of aromatic carboxylic acids is 1. The van der Waals surface area contributed by atoms with Crippen molar-refractivity contribution in [3.05, 3.63) is 46.6 Å². The van der Waals surface area contributed by atoms with Gasteiger partial charge in [-0.15, -0.1) is 11.3 Å². The zero-order valence-electron chi connectivity index (χ0n) is 11.4. The molecule has 8 heteroatoms. The summed E-state index contributed by atoms with van der Waals surface area (Å²) >= 11 is 0.746. The van der Waals surface area contributed by atoms with Gasteiger partial charge < -0.3 is 5.11 Å². The molecule has 112 valence electrons. The highest BCUT2D eigenvalue weighted by Gasteiger charge is 2.23. The molecule has 2 aromatic heterocycles. The molecular weight excluding hydrogens is 312 g/mol. The number of rotatable bonds is 5. The lowest BCUT2D eigenvalue weighted by Crippen LogP contribution is -2.26. The van der Waals surface area contributed by atoms with Gasteiger partial charge >= 0.3 is 5.97 Å². The lowest BCUT2D eigenvalue weighted by molar-refractivity contribution is 0.0701. The topological polar surface area (TPSA) is 96.4 Å². The van der Waals surface area contributed by atoms with E-state index < -0.39 is 22.0 Å². The van der Waals surface area contributed by atoms with E-state index in [2.05, 4.69) is 9.71 Å². The van der Waals surface area contributed by atoms with Crippen molar-refractivity contribution in [3.63, 3.8) is 0 Å². The molecule has 0 spiro atoms. The number of thiophene rings is 1. The summed E-state index contributed by atoms with van der Waals surface area (Å²) < 4.78 is 27.1. The molecule has 2 N–H and O–H groups in total. The molecular formula is C13H14N2O4S2. The second-order valence-corrected chi connectivity index (χ2v) is 7.51. The zero-order valence-corrected chi connectivity index (χ0v) is 13.0. The molecule has 0 fully saturated rings. The minimum atomic E-state index is -3.77. The Balaban J connectivity index is 2.27. The number of nitrogens with one attached hydrogen (secondary N) is 1. The average Bonchev–Trinajstić information content (AvgIpc) is 2.82. The number of carbonyl (C=O) groups is 1. The van der Waals surface area contributed by atoms with E-state index >= 15 is 0 Å². The molecule has 0 aliphatic rings. The van der Waals surface area contributed by atoms with Crippen molar-refractivity contribution in [2.24, 2.45) is 0 Å². The Labute approximate surface area is 126 Å². The maximum absolute atomic E-state index is 12.3. The van der Waals surface area contributed by atoms with Crippen molar-refractivity contribution in [3.8, 4) is 0 Å². The third-order valence-corrected chi connectivity index (χ3v) is 6.11. The minimum absolute atomic E-state index is 0.00635. The lowest BCUT2D eigenvalue weighted by Gasteiger charge is -2.13. The van der Waals surface area contributed by atoms with Gasteiger partial charge in [0.15, 0.2) is 0 Å². The van der Waals surface area contributed by atoms with Crippen LogP contribution in [0.3, 0.4) is 0 Å². The zero-order chi connectivity index (χ0) is 15.6. The Hall–Kier alpha value is -1.77. The van der Waals surface area contributed by atoms with E-state index in [1.165, 1.54) is 6.07 Å². The smallest absolute Gasteiger partial charge is 0.346 e. The number of aryl methyl sites for hydroxylation is 1. The maximum Gasteiger partial charge on any atom is 0.346 e. The first-order valence-electron chi connectivity index (χ1n) is 6.07. The number of nitrogens with zero attached hydrogens (tertiary/aromatic N) is 1. The SMILES string of the molecule is Cc1cc(S(=O)(=O)NC(C)c2cccnc2)sc1C(=O)O. The number of sulfonamides is 1. The molecule has 0 saturated carbocycles. The fourth-order valence-electron chi connectivity index (χ4n) is 1.79. The summed E-state index contributed by atoms with van der Waals surface area (Å²) in [7, 11) is -3.77. The maximum atomic E-state index is 12.3. The fourth-order valence-corrected chi connectivity index (χ4v) is 4.42. The normalized spacial score (nSPS) is 13.0. The largest absolute Gasteiger partial charge is 0.477 e. The molecule has 2 aromatic rings. The van der Waals surface area contributed by atoms with Gasteiger partial charge in [-0.3, -0.25) is 4.98 Å². The van der Waals surface area contributed by atoms with Crippen LogP contribution in [0.15, 0.2) is 34.8 Å². The Bertz CT molecular complexity index is 754. The third kappa shape index (κ3) is 3.46. The Morgan fingerprint density at radius 3 is 2.71 bits per heavy atom. The molecule has 0 amide bonds. The minimum Gasteiger partial charge on any atom is -0.477 e. The molecule has 21 heavy (non-hydrogen) atoms. The van der Waals surface area contributed by atoms with E-state index in [1.54, 1.807) is 38.4 Å². The van der Waals surface area contributed by atoms with Crippen LogP contribution in [-0.2, 0) is 10.0 Å². The van der Waals surface area contributed by atoms with E-state index in [0.717, 1.165) is 16.9 Å². The van der Waals surface area contributed by atoms with Gasteiger partial charge in [0.1, 0.15) is 9.09 Å². The van der Waals surface area contributed by atoms with Gasteiger partial charge in [-0.25, -0.2) is 17.9 Å². The predicted molar refractivity (Wildman–Crippen MR) is 79.0 cm³/mol. The predicted octanol–water partition coefficient (Wildman–Crippen LogP) is 2.19. The summed E-state index contributed by atoms with van der Waals surface area (Å²) in [6, 6.07) is 4.40. The summed E-state index contributed by atoms with van der Waals surface area (Å²) in [6.07, 6.45) is 3.18.